The first-order valence-electron chi connectivity index (χ1n) is 15.1. The molecule has 1 unspecified atom stereocenters. The van der Waals surface area contributed by atoms with E-state index >= 15 is 0 Å². The van der Waals surface area contributed by atoms with E-state index in [-0.39, 0.29) is 5.56 Å². The second-order valence-corrected chi connectivity index (χ2v) is 12.5. The largest absolute Gasteiger partial charge is 0.479 e. The topological polar surface area (TPSA) is 97.5 Å². The number of carboxylic acid groups (broad SMARTS) is 1. The number of ether oxygens (including phenoxy) is 1. The predicted molar refractivity (Wildman–Crippen MR) is 177 cm³/mol. The zero-order valence-electron chi connectivity index (χ0n) is 26.7. The molecule has 0 saturated heterocycles. The van der Waals surface area contributed by atoms with Gasteiger partial charge in [-0.3, -0.25) is 19.7 Å². The van der Waals surface area contributed by atoms with Crippen LogP contribution in [-0.2, 0) is 36.2 Å². The van der Waals surface area contributed by atoms with Gasteiger partial charge in [0.25, 0.3) is 5.56 Å². The second-order valence-electron chi connectivity index (χ2n) is 12.5. The molecule has 3 aromatic heterocycles. The molecule has 2 aromatic carbocycles. The maximum absolute atomic E-state index is 14.0. The van der Waals surface area contributed by atoms with Crippen molar-refractivity contribution in [2.24, 2.45) is 7.05 Å². The molecule has 0 aliphatic rings. The lowest BCUT2D eigenvalue weighted by Crippen LogP contribution is -2.33. The van der Waals surface area contributed by atoms with Crippen molar-refractivity contribution in [1.82, 2.24) is 19.4 Å². The summed E-state index contributed by atoms with van der Waals surface area (Å²) in [5, 5.41) is 11.6. The lowest BCUT2D eigenvalue weighted by molar-refractivity contribution is -0.161. The number of fused-ring (bicyclic) bond motifs is 1. The summed E-state index contributed by atoms with van der Waals surface area (Å²) >= 11 is 0. The SMILES string of the molecule is Cc1ccc(-c2c(C(OC(C)(C)C)C(=O)O)n(C)c(=O)c3cc(CN(Cc4ccccn4)Cc4ccccn4)ccc23)cc1C. The number of pyridine rings is 3. The van der Waals surface area contributed by atoms with E-state index < -0.39 is 17.7 Å². The third-order valence-corrected chi connectivity index (χ3v) is 7.88. The van der Waals surface area contributed by atoms with Crippen LogP contribution >= 0.6 is 0 Å². The minimum absolute atomic E-state index is 0.279. The number of hydrogen-bond donors (Lipinski definition) is 1. The fourth-order valence-electron chi connectivity index (χ4n) is 5.63. The quantitative estimate of drug-likeness (QED) is 0.188. The molecule has 5 rings (SSSR count). The van der Waals surface area contributed by atoms with Gasteiger partial charge in [-0.25, -0.2) is 4.79 Å². The summed E-state index contributed by atoms with van der Waals surface area (Å²) in [7, 11) is 1.63. The Morgan fingerprint density at radius 3 is 2.04 bits per heavy atom. The number of aromatic nitrogens is 3. The normalized spacial score (nSPS) is 12.5. The molecule has 1 atom stereocenters. The molecule has 0 aliphatic heterocycles. The molecule has 0 saturated carbocycles. The highest BCUT2D eigenvalue weighted by molar-refractivity contribution is 5.99. The van der Waals surface area contributed by atoms with Gasteiger partial charge in [-0.05, 0) is 92.6 Å². The van der Waals surface area contributed by atoms with Gasteiger partial charge in [-0.1, -0.05) is 42.5 Å². The Labute approximate surface area is 264 Å². The van der Waals surface area contributed by atoms with Gasteiger partial charge >= 0.3 is 5.97 Å². The van der Waals surface area contributed by atoms with Gasteiger partial charge in [-0.2, -0.15) is 0 Å². The summed E-state index contributed by atoms with van der Waals surface area (Å²) in [4.78, 5) is 38.0. The number of hydrogen-bond acceptors (Lipinski definition) is 6. The molecule has 45 heavy (non-hydrogen) atoms. The lowest BCUT2D eigenvalue weighted by Gasteiger charge is -2.29. The summed E-state index contributed by atoms with van der Waals surface area (Å²) in [5.74, 6) is -1.15. The smallest absolute Gasteiger partial charge is 0.339 e. The molecule has 1 N–H and O–H groups in total. The van der Waals surface area contributed by atoms with Crippen molar-refractivity contribution in [2.75, 3.05) is 0 Å². The van der Waals surface area contributed by atoms with Gasteiger partial charge in [0.2, 0.25) is 0 Å². The second kappa shape index (κ2) is 13.1. The number of nitrogens with zero attached hydrogens (tertiary/aromatic N) is 4. The Morgan fingerprint density at radius 1 is 0.867 bits per heavy atom. The molecule has 0 aliphatic carbocycles. The van der Waals surface area contributed by atoms with E-state index in [1.54, 1.807) is 19.4 Å². The lowest BCUT2D eigenvalue weighted by atomic mass is 9.91. The molecule has 0 radical (unpaired) electrons. The van der Waals surface area contributed by atoms with E-state index in [4.69, 9.17) is 4.74 Å². The van der Waals surface area contributed by atoms with Crippen molar-refractivity contribution < 1.29 is 14.6 Å². The van der Waals surface area contributed by atoms with Crippen molar-refractivity contribution in [3.8, 4) is 11.1 Å². The standard InChI is InChI=1S/C37H40N4O4/c1-24-13-15-27(19-25(24)2)32-30-16-14-26(20-31(30)35(42)40(6)33(32)34(36(43)44)45-37(3,4)5)21-41(22-28-11-7-9-17-38-28)23-29-12-8-10-18-39-29/h7-20,34H,21-23H2,1-6H3,(H,43,44). The highest BCUT2D eigenvalue weighted by atomic mass is 16.5. The average molecular weight is 605 g/mol. The maximum atomic E-state index is 14.0. The van der Waals surface area contributed by atoms with E-state index in [0.29, 0.717) is 41.7 Å². The monoisotopic (exact) mass is 604 g/mol. The average Bonchev–Trinajstić information content (AvgIpc) is 3.00. The van der Waals surface area contributed by atoms with Crippen LogP contribution in [0.1, 0.15) is 60.6 Å². The van der Waals surface area contributed by atoms with Crippen LogP contribution < -0.4 is 5.56 Å². The van der Waals surface area contributed by atoms with Crippen LogP contribution in [0.2, 0.25) is 0 Å². The summed E-state index contributed by atoms with van der Waals surface area (Å²) < 4.78 is 7.54. The van der Waals surface area contributed by atoms with Crippen LogP contribution in [0.15, 0.2) is 90.0 Å². The highest BCUT2D eigenvalue weighted by Gasteiger charge is 2.33. The third-order valence-electron chi connectivity index (χ3n) is 7.88. The van der Waals surface area contributed by atoms with Crippen molar-refractivity contribution in [3.05, 3.63) is 129 Å². The van der Waals surface area contributed by atoms with Crippen LogP contribution in [0.4, 0.5) is 0 Å². The molecule has 0 fully saturated rings. The Hall–Kier alpha value is -4.66. The minimum atomic E-state index is -1.35. The summed E-state index contributed by atoms with van der Waals surface area (Å²) in [6, 6.07) is 23.7. The number of aryl methyl sites for hydroxylation is 2. The van der Waals surface area contributed by atoms with E-state index in [1.807, 2.05) is 107 Å². The van der Waals surface area contributed by atoms with Crippen LogP contribution in [0.5, 0.6) is 0 Å². The fraction of sp³-hybridized carbons (Fsp3) is 0.297. The summed E-state index contributed by atoms with van der Waals surface area (Å²) in [6.45, 7) is 11.3. The number of carboxylic acids is 1. The first-order chi connectivity index (χ1) is 21.4. The van der Waals surface area contributed by atoms with Gasteiger partial charge in [0.15, 0.2) is 6.10 Å². The summed E-state index contributed by atoms with van der Waals surface area (Å²) in [5.41, 5.74) is 5.80. The third kappa shape index (κ3) is 7.36. The Bertz CT molecular complexity index is 1840. The number of carbonyl (C=O) groups is 1. The van der Waals surface area contributed by atoms with Crippen molar-refractivity contribution in [3.63, 3.8) is 0 Å². The van der Waals surface area contributed by atoms with E-state index in [9.17, 15) is 14.7 Å². The van der Waals surface area contributed by atoms with E-state index in [1.165, 1.54) is 4.57 Å². The van der Waals surface area contributed by atoms with Crippen LogP contribution in [-0.4, -0.2) is 36.1 Å². The summed E-state index contributed by atoms with van der Waals surface area (Å²) in [6.07, 6.45) is 2.22. The van der Waals surface area contributed by atoms with Crippen LogP contribution in [0.3, 0.4) is 0 Å². The zero-order valence-corrected chi connectivity index (χ0v) is 26.7. The van der Waals surface area contributed by atoms with Crippen molar-refractivity contribution in [2.45, 2.75) is 66.0 Å². The van der Waals surface area contributed by atoms with E-state index in [2.05, 4.69) is 14.9 Å². The van der Waals surface area contributed by atoms with Gasteiger partial charge in [-0.15, -0.1) is 0 Å². The van der Waals surface area contributed by atoms with Crippen LogP contribution in [0, 0.1) is 13.8 Å². The molecule has 0 bridgehead atoms. The molecular weight excluding hydrogens is 564 g/mol. The van der Waals surface area contributed by atoms with Gasteiger partial charge in [0.1, 0.15) is 0 Å². The minimum Gasteiger partial charge on any atom is -0.479 e. The van der Waals surface area contributed by atoms with Crippen LogP contribution in [0.25, 0.3) is 21.9 Å². The Kier molecular flexibility index (Phi) is 9.27. The number of rotatable bonds is 10. The molecular formula is C37H40N4O4. The Balaban J connectivity index is 1.66. The first-order valence-corrected chi connectivity index (χ1v) is 15.1. The van der Waals surface area contributed by atoms with Gasteiger partial charge in [0.05, 0.1) is 22.7 Å². The molecule has 5 aromatic rings. The molecule has 3 heterocycles. The first kappa shape index (κ1) is 31.8. The van der Waals surface area contributed by atoms with Crippen molar-refractivity contribution >= 4 is 16.7 Å². The molecule has 0 amide bonds. The molecule has 8 nitrogen and oxygen atoms in total. The Morgan fingerprint density at radius 2 is 1.51 bits per heavy atom. The number of benzene rings is 2. The molecule has 232 valence electrons. The number of aliphatic carboxylic acids is 1. The van der Waals surface area contributed by atoms with Gasteiger partial charge < -0.3 is 14.4 Å². The van der Waals surface area contributed by atoms with Gasteiger partial charge in [0, 0.05) is 50.0 Å². The van der Waals surface area contributed by atoms with Crippen molar-refractivity contribution in [1.29, 1.82) is 0 Å². The highest BCUT2D eigenvalue weighted by Crippen LogP contribution is 2.38. The zero-order chi connectivity index (χ0) is 32.3. The maximum Gasteiger partial charge on any atom is 0.339 e. The molecule has 0 spiro atoms. The fourth-order valence-corrected chi connectivity index (χ4v) is 5.63. The van der Waals surface area contributed by atoms with E-state index in [0.717, 1.165) is 33.6 Å². The predicted octanol–water partition coefficient (Wildman–Crippen LogP) is 6.76. The molecule has 8 heteroatoms.